The monoisotopic (exact) mass is 274 g/mol. The lowest BCUT2D eigenvalue weighted by Crippen LogP contribution is -2.41. The molecule has 1 aromatic rings. The van der Waals surface area contributed by atoms with Gasteiger partial charge >= 0.3 is 0 Å². The van der Waals surface area contributed by atoms with Crippen LogP contribution in [0, 0.1) is 5.92 Å². The number of rotatable bonds is 6. The fraction of sp³-hybridized carbons (Fsp3) is 0.750. The normalized spacial score (nSPS) is 15.4. The van der Waals surface area contributed by atoms with Crippen LogP contribution < -0.4 is 11.3 Å². The first-order valence-electron chi connectivity index (χ1n) is 6.15. The number of nitrogens with zero attached hydrogens (tertiary/aromatic N) is 2. The van der Waals surface area contributed by atoms with Gasteiger partial charge in [0, 0.05) is 13.2 Å². The number of hydrogen-bond acceptors (Lipinski definition) is 4. The number of methoxy groups -OCH3 is 1. The van der Waals surface area contributed by atoms with Gasteiger partial charge in [0.2, 0.25) is 0 Å². The van der Waals surface area contributed by atoms with Crippen LogP contribution in [-0.2, 0) is 4.74 Å². The zero-order valence-corrected chi connectivity index (χ0v) is 12.4. The van der Waals surface area contributed by atoms with Crippen molar-refractivity contribution >= 4 is 11.6 Å². The molecule has 1 aromatic heterocycles. The van der Waals surface area contributed by atoms with Crippen LogP contribution in [0.15, 0.2) is 6.20 Å². The lowest BCUT2D eigenvalue weighted by molar-refractivity contribution is 0.0298. The van der Waals surface area contributed by atoms with Crippen molar-refractivity contribution in [2.75, 3.05) is 7.11 Å². The molecule has 5 nitrogen and oxygen atoms in total. The lowest BCUT2D eigenvalue weighted by Gasteiger charge is -2.30. The molecular formula is C12H23ClN4O. The molecule has 1 heterocycles. The van der Waals surface area contributed by atoms with Crippen molar-refractivity contribution in [3.8, 4) is 0 Å². The number of aromatic nitrogens is 2. The predicted molar refractivity (Wildman–Crippen MR) is 73.3 cm³/mol. The number of hydrazine groups is 1. The first-order chi connectivity index (χ1) is 8.43. The summed E-state index contributed by atoms with van der Waals surface area (Å²) in [5, 5.41) is 4.90. The van der Waals surface area contributed by atoms with Crippen LogP contribution in [0.4, 0.5) is 0 Å². The quantitative estimate of drug-likeness (QED) is 0.617. The molecule has 0 spiro atoms. The number of nitrogens with two attached hydrogens (primary N) is 1. The lowest BCUT2D eigenvalue weighted by atomic mass is 9.97. The summed E-state index contributed by atoms with van der Waals surface area (Å²) >= 11 is 6.23. The van der Waals surface area contributed by atoms with Crippen LogP contribution in [0.5, 0.6) is 0 Å². The van der Waals surface area contributed by atoms with Gasteiger partial charge in [-0.3, -0.25) is 10.5 Å². The van der Waals surface area contributed by atoms with E-state index in [1.165, 1.54) is 0 Å². The summed E-state index contributed by atoms with van der Waals surface area (Å²) in [6, 6.07) is 0.0282. The second-order valence-corrected chi connectivity index (χ2v) is 5.41. The minimum absolute atomic E-state index is 0.0679. The standard InChI is InChI=1S/C12H23ClN4O/c1-7(2)12(18-5)10(16-14)11-9(13)6-15-17(11)8(3)4/h6-8,10,12,16H,14H2,1-5H3. The summed E-state index contributed by atoms with van der Waals surface area (Å²) in [5.41, 5.74) is 3.67. The molecule has 18 heavy (non-hydrogen) atoms. The predicted octanol–water partition coefficient (Wildman–Crippen LogP) is 2.29. The Labute approximate surface area is 114 Å². The molecule has 0 aliphatic carbocycles. The highest BCUT2D eigenvalue weighted by Crippen LogP contribution is 2.30. The van der Waals surface area contributed by atoms with Gasteiger partial charge in [-0.2, -0.15) is 5.10 Å². The van der Waals surface area contributed by atoms with Gasteiger partial charge in [-0.05, 0) is 19.8 Å². The first-order valence-corrected chi connectivity index (χ1v) is 6.53. The maximum atomic E-state index is 6.23. The molecule has 0 amide bonds. The third kappa shape index (κ3) is 3.03. The summed E-state index contributed by atoms with van der Waals surface area (Å²) < 4.78 is 7.41. The first kappa shape index (κ1) is 15.4. The van der Waals surface area contributed by atoms with E-state index < -0.39 is 0 Å². The Morgan fingerprint density at radius 2 is 2.00 bits per heavy atom. The van der Waals surface area contributed by atoms with E-state index in [1.54, 1.807) is 13.3 Å². The van der Waals surface area contributed by atoms with Gasteiger partial charge in [0.15, 0.2) is 0 Å². The molecule has 0 aliphatic rings. The number of ether oxygens (including phenoxy) is 1. The topological polar surface area (TPSA) is 65.1 Å². The molecule has 0 saturated carbocycles. The average molecular weight is 275 g/mol. The van der Waals surface area contributed by atoms with Crippen LogP contribution >= 0.6 is 11.6 Å². The highest BCUT2D eigenvalue weighted by atomic mass is 35.5. The Balaban J connectivity index is 3.19. The molecule has 104 valence electrons. The zero-order chi connectivity index (χ0) is 13.9. The van der Waals surface area contributed by atoms with E-state index in [2.05, 4.69) is 38.2 Å². The van der Waals surface area contributed by atoms with Crippen LogP contribution in [0.2, 0.25) is 5.02 Å². The Morgan fingerprint density at radius 3 is 2.39 bits per heavy atom. The van der Waals surface area contributed by atoms with Crippen LogP contribution in [0.1, 0.15) is 45.5 Å². The van der Waals surface area contributed by atoms with Gasteiger partial charge in [0.05, 0.1) is 29.1 Å². The molecule has 0 aliphatic heterocycles. The second-order valence-electron chi connectivity index (χ2n) is 5.00. The molecule has 1 rings (SSSR count). The van der Waals surface area contributed by atoms with Crippen molar-refractivity contribution < 1.29 is 4.74 Å². The van der Waals surface area contributed by atoms with Crippen LogP contribution in [0.25, 0.3) is 0 Å². The van der Waals surface area contributed by atoms with E-state index in [0.717, 1.165) is 5.69 Å². The maximum Gasteiger partial charge on any atom is 0.0907 e. The Morgan fingerprint density at radius 1 is 1.39 bits per heavy atom. The van der Waals surface area contributed by atoms with Crippen molar-refractivity contribution in [1.82, 2.24) is 15.2 Å². The second kappa shape index (κ2) is 6.52. The van der Waals surface area contributed by atoms with E-state index in [9.17, 15) is 0 Å². The minimum Gasteiger partial charge on any atom is -0.379 e. The van der Waals surface area contributed by atoms with Crippen molar-refractivity contribution in [2.24, 2.45) is 11.8 Å². The number of hydrogen-bond donors (Lipinski definition) is 2. The molecule has 0 fully saturated rings. The summed E-state index contributed by atoms with van der Waals surface area (Å²) in [7, 11) is 1.68. The molecular weight excluding hydrogens is 252 g/mol. The van der Waals surface area contributed by atoms with E-state index in [0.29, 0.717) is 10.9 Å². The van der Waals surface area contributed by atoms with E-state index >= 15 is 0 Å². The van der Waals surface area contributed by atoms with Crippen LogP contribution in [-0.4, -0.2) is 23.0 Å². The average Bonchev–Trinajstić information content (AvgIpc) is 2.67. The highest BCUT2D eigenvalue weighted by Gasteiger charge is 2.30. The smallest absolute Gasteiger partial charge is 0.0907 e. The SMILES string of the molecule is COC(C(C)C)C(NN)c1c(Cl)cnn1C(C)C. The summed E-state index contributed by atoms with van der Waals surface area (Å²) in [5.74, 6) is 5.99. The number of halogens is 1. The summed E-state index contributed by atoms with van der Waals surface area (Å²) in [4.78, 5) is 0. The maximum absolute atomic E-state index is 6.23. The van der Waals surface area contributed by atoms with Crippen molar-refractivity contribution in [3.05, 3.63) is 16.9 Å². The molecule has 6 heteroatoms. The molecule has 2 unspecified atom stereocenters. The minimum atomic E-state index is -0.188. The Kier molecular flexibility index (Phi) is 5.59. The van der Waals surface area contributed by atoms with Crippen molar-refractivity contribution in [1.29, 1.82) is 0 Å². The fourth-order valence-electron chi connectivity index (χ4n) is 2.18. The third-order valence-electron chi connectivity index (χ3n) is 3.01. The molecule has 0 saturated heterocycles. The van der Waals surface area contributed by atoms with Gasteiger partial charge in [-0.1, -0.05) is 25.4 Å². The van der Waals surface area contributed by atoms with Crippen LogP contribution in [0.3, 0.4) is 0 Å². The van der Waals surface area contributed by atoms with E-state index in [1.807, 2.05) is 4.68 Å². The van der Waals surface area contributed by atoms with Gasteiger partial charge in [-0.25, -0.2) is 5.43 Å². The van der Waals surface area contributed by atoms with Gasteiger partial charge in [0.1, 0.15) is 0 Å². The molecule has 3 N–H and O–H groups in total. The Hall–Kier alpha value is -0.620. The Bertz CT molecular complexity index is 378. The molecule has 0 aromatic carbocycles. The van der Waals surface area contributed by atoms with Crippen molar-refractivity contribution in [3.63, 3.8) is 0 Å². The molecule has 0 radical (unpaired) electrons. The van der Waals surface area contributed by atoms with E-state index in [-0.39, 0.29) is 18.2 Å². The number of nitrogens with one attached hydrogen (secondary N) is 1. The largest absolute Gasteiger partial charge is 0.379 e. The molecule has 0 bridgehead atoms. The molecule has 2 atom stereocenters. The summed E-state index contributed by atoms with van der Waals surface area (Å²) in [6.07, 6.45) is 1.58. The van der Waals surface area contributed by atoms with Gasteiger partial charge in [-0.15, -0.1) is 0 Å². The van der Waals surface area contributed by atoms with Crippen molar-refractivity contribution in [2.45, 2.75) is 45.9 Å². The van der Waals surface area contributed by atoms with E-state index in [4.69, 9.17) is 22.2 Å². The van der Waals surface area contributed by atoms with Gasteiger partial charge < -0.3 is 4.74 Å². The fourth-order valence-corrected chi connectivity index (χ4v) is 2.42. The summed E-state index contributed by atoms with van der Waals surface area (Å²) in [6.45, 7) is 8.28. The third-order valence-corrected chi connectivity index (χ3v) is 3.30. The highest BCUT2D eigenvalue weighted by molar-refractivity contribution is 6.31. The van der Waals surface area contributed by atoms with Gasteiger partial charge in [0.25, 0.3) is 0 Å². The zero-order valence-electron chi connectivity index (χ0n) is 11.6.